The second-order valence-electron chi connectivity index (χ2n) is 4.92. The molecule has 0 bridgehead atoms. The molecule has 0 aromatic carbocycles. The first-order valence-electron chi connectivity index (χ1n) is 6.50. The van der Waals surface area contributed by atoms with Crippen LogP contribution in [0.2, 0.25) is 5.02 Å². The molecular formula is C14H12ClF3N2S. The first kappa shape index (κ1) is 14.7. The van der Waals surface area contributed by atoms with Crippen molar-refractivity contribution in [3.05, 3.63) is 44.2 Å². The monoisotopic (exact) mass is 332 g/mol. The number of nitrogens with one attached hydrogen (secondary N) is 1. The van der Waals surface area contributed by atoms with E-state index in [2.05, 4.69) is 16.4 Å². The van der Waals surface area contributed by atoms with Crippen LogP contribution in [0.4, 0.5) is 19.0 Å². The number of nitrogens with zero attached hydrogens (tertiary/aromatic N) is 1. The molecule has 3 rings (SSSR count). The van der Waals surface area contributed by atoms with Crippen LogP contribution in [0.3, 0.4) is 0 Å². The maximum Gasteiger partial charge on any atom is 0.417 e. The summed E-state index contributed by atoms with van der Waals surface area (Å²) >= 11 is 7.60. The number of thiophene rings is 1. The van der Waals surface area contributed by atoms with Gasteiger partial charge in [0.25, 0.3) is 0 Å². The van der Waals surface area contributed by atoms with Gasteiger partial charge in [0.1, 0.15) is 5.82 Å². The minimum atomic E-state index is -4.43. The molecule has 2 aromatic heterocycles. The molecule has 2 heterocycles. The second-order valence-corrected chi connectivity index (χ2v) is 6.55. The number of pyridine rings is 1. The second kappa shape index (κ2) is 5.50. The normalized spacial score (nSPS) is 14.3. The van der Waals surface area contributed by atoms with Gasteiger partial charge >= 0.3 is 6.18 Å². The van der Waals surface area contributed by atoms with Gasteiger partial charge in [-0.15, -0.1) is 11.3 Å². The van der Waals surface area contributed by atoms with Gasteiger partial charge in [-0.1, -0.05) is 11.6 Å². The number of aryl methyl sites for hydroxylation is 2. The van der Waals surface area contributed by atoms with Crippen LogP contribution >= 0.6 is 22.9 Å². The molecule has 1 N–H and O–H groups in total. The highest BCUT2D eigenvalue weighted by Gasteiger charge is 2.31. The van der Waals surface area contributed by atoms with E-state index in [9.17, 15) is 13.2 Å². The van der Waals surface area contributed by atoms with Gasteiger partial charge < -0.3 is 5.32 Å². The van der Waals surface area contributed by atoms with Crippen LogP contribution < -0.4 is 5.32 Å². The summed E-state index contributed by atoms with van der Waals surface area (Å²) in [5.74, 6) is 0.276. The number of anilines is 1. The molecule has 0 aliphatic heterocycles. The van der Waals surface area contributed by atoms with E-state index in [-0.39, 0.29) is 10.8 Å². The van der Waals surface area contributed by atoms with E-state index in [0.29, 0.717) is 6.54 Å². The largest absolute Gasteiger partial charge is 0.417 e. The number of aromatic nitrogens is 1. The highest BCUT2D eigenvalue weighted by molar-refractivity contribution is 7.12. The fraction of sp³-hybridized carbons (Fsp3) is 0.357. The Morgan fingerprint density at radius 1 is 1.29 bits per heavy atom. The fourth-order valence-electron chi connectivity index (χ4n) is 2.37. The number of halogens is 4. The lowest BCUT2D eigenvalue weighted by molar-refractivity contribution is -0.137. The molecular weight excluding hydrogens is 321 g/mol. The highest BCUT2D eigenvalue weighted by Crippen LogP contribution is 2.33. The Kier molecular flexibility index (Phi) is 3.84. The Hall–Kier alpha value is -1.27. The van der Waals surface area contributed by atoms with Crippen molar-refractivity contribution in [2.45, 2.75) is 32.0 Å². The standard InChI is InChI=1S/C14H12ClF3N2S/c15-11-5-9(14(16,17)18)6-19-13(11)20-7-10-4-8-2-1-3-12(8)21-10/h4-6H,1-3,7H2,(H,19,20). The van der Waals surface area contributed by atoms with Crippen LogP contribution in [0, 0.1) is 0 Å². The van der Waals surface area contributed by atoms with Crippen LogP contribution in [0.1, 0.15) is 27.3 Å². The number of alkyl halides is 3. The zero-order valence-corrected chi connectivity index (χ0v) is 12.5. The van der Waals surface area contributed by atoms with Gasteiger partial charge in [0.15, 0.2) is 0 Å². The third-order valence-electron chi connectivity index (χ3n) is 3.40. The number of rotatable bonds is 3. The maximum atomic E-state index is 12.5. The van der Waals surface area contributed by atoms with Crippen LogP contribution in [-0.2, 0) is 25.6 Å². The Bertz CT molecular complexity index is 645. The first-order chi connectivity index (χ1) is 9.93. The minimum absolute atomic E-state index is 0.0195. The van der Waals surface area contributed by atoms with E-state index >= 15 is 0 Å². The number of fused-ring (bicyclic) bond motifs is 1. The summed E-state index contributed by atoms with van der Waals surface area (Å²) < 4.78 is 37.6. The SMILES string of the molecule is FC(F)(F)c1cnc(NCc2cc3c(s2)CCC3)c(Cl)c1. The molecule has 112 valence electrons. The Morgan fingerprint density at radius 3 is 2.76 bits per heavy atom. The highest BCUT2D eigenvalue weighted by atomic mass is 35.5. The van der Waals surface area contributed by atoms with Gasteiger partial charge in [-0.05, 0) is 37.0 Å². The molecule has 0 amide bonds. The van der Waals surface area contributed by atoms with E-state index in [0.717, 1.165) is 30.0 Å². The van der Waals surface area contributed by atoms with Crippen LogP contribution in [0.25, 0.3) is 0 Å². The molecule has 1 aliphatic carbocycles. The molecule has 0 radical (unpaired) electrons. The molecule has 21 heavy (non-hydrogen) atoms. The zero-order chi connectivity index (χ0) is 15.0. The summed E-state index contributed by atoms with van der Waals surface area (Å²) in [4.78, 5) is 6.33. The van der Waals surface area contributed by atoms with E-state index in [1.165, 1.54) is 16.9 Å². The van der Waals surface area contributed by atoms with Gasteiger partial charge in [-0.25, -0.2) is 4.98 Å². The Labute approximate surface area is 129 Å². The quantitative estimate of drug-likeness (QED) is 0.863. The zero-order valence-electron chi connectivity index (χ0n) is 10.9. The van der Waals surface area contributed by atoms with E-state index in [1.54, 1.807) is 11.3 Å². The topological polar surface area (TPSA) is 24.9 Å². The van der Waals surface area contributed by atoms with Gasteiger partial charge in [0.05, 0.1) is 17.1 Å². The smallest absolute Gasteiger partial charge is 0.364 e. The van der Waals surface area contributed by atoms with E-state index < -0.39 is 11.7 Å². The molecule has 0 saturated heterocycles. The lowest BCUT2D eigenvalue weighted by atomic mass is 10.2. The van der Waals surface area contributed by atoms with Crippen molar-refractivity contribution in [3.8, 4) is 0 Å². The molecule has 0 spiro atoms. The minimum Gasteiger partial charge on any atom is -0.364 e. The number of hydrogen-bond acceptors (Lipinski definition) is 3. The fourth-order valence-corrected chi connectivity index (χ4v) is 3.81. The summed E-state index contributed by atoms with van der Waals surface area (Å²) in [7, 11) is 0. The van der Waals surface area contributed by atoms with Crippen molar-refractivity contribution >= 4 is 28.8 Å². The van der Waals surface area contributed by atoms with E-state index in [4.69, 9.17) is 11.6 Å². The molecule has 2 aromatic rings. The molecule has 0 atom stereocenters. The average Bonchev–Trinajstić information content (AvgIpc) is 2.96. The summed E-state index contributed by atoms with van der Waals surface area (Å²) in [5, 5.41) is 2.98. The van der Waals surface area contributed by atoms with E-state index in [1.807, 2.05) is 0 Å². The van der Waals surface area contributed by atoms with Crippen molar-refractivity contribution in [3.63, 3.8) is 0 Å². The maximum absolute atomic E-state index is 12.5. The molecule has 1 aliphatic rings. The molecule has 0 unspecified atom stereocenters. The lowest BCUT2D eigenvalue weighted by Crippen LogP contribution is -2.07. The lowest BCUT2D eigenvalue weighted by Gasteiger charge is -2.10. The van der Waals surface area contributed by atoms with Crippen molar-refractivity contribution < 1.29 is 13.2 Å². The van der Waals surface area contributed by atoms with Gasteiger partial charge in [-0.3, -0.25) is 0 Å². The predicted octanol–water partition coefficient (Wildman–Crippen LogP) is 4.92. The van der Waals surface area contributed by atoms with Gasteiger partial charge in [0, 0.05) is 16.0 Å². The van der Waals surface area contributed by atoms with Gasteiger partial charge in [0.2, 0.25) is 0 Å². The van der Waals surface area contributed by atoms with Crippen LogP contribution in [0.5, 0.6) is 0 Å². The Balaban J connectivity index is 1.70. The van der Waals surface area contributed by atoms with Gasteiger partial charge in [-0.2, -0.15) is 13.2 Å². The summed E-state index contributed by atoms with van der Waals surface area (Å²) in [5.41, 5.74) is 0.552. The van der Waals surface area contributed by atoms with Crippen molar-refractivity contribution in [2.24, 2.45) is 0 Å². The average molecular weight is 333 g/mol. The first-order valence-corrected chi connectivity index (χ1v) is 7.70. The number of hydrogen-bond donors (Lipinski definition) is 1. The third kappa shape index (κ3) is 3.16. The summed E-state index contributed by atoms with van der Waals surface area (Å²) in [6.45, 7) is 0.524. The Morgan fingerprint density at radius 2 is 2.10 bits per heavy atom. The summed E-state index contributed by atoms with van der Waals surface area (Å²) in [6.07, 6.45) is -0.183. The molecule has 0 saturated carbocycles. The van der Waals surface area contributed by atoms with Crippen molar-refractivity contribution in [1.82, 2.24) is 4.98 Å². The van der Waals surface area contributed by atoms with Crippen molar-refractivity contribution in [2.75, 3.05) is 5.32 Å². The van der Waals surface area contributed by atoms with Crippen molar-refractivity contribution in [1.29, 1.82) is 0 Å². The predicted molar refractivity (Wildman–Crippen MR) is 77.9 cm³/mol. The molecule has 2 nitrogen and oxygen atoms in total. The molecule has 7 heteroatoms. The summed E-state index contributed by atoms with van der Waals surface area (Å²) in [6, 6.07) is 3.04. The molecule has 0 fully saturated rings. The third-order valence-corrected chi connectivity index (χ3v) is 4.92. The van der Waals surface area contributed by atoms with Crippen LogP contribution in [-0.4, -0.2) is 4.98 Å². The van der Waals surface area contributed by atoms with Crippen LogP contribution in [0.15, 0.2) is 18.3 Å².